The number of methoxy groups -OCH3 is 1. The minimum absolute atomic E-state index is 0.00342. The van der Waals surface area contributed by atoms with Crippen molar-refractivity contribution in [3.8, 4) is 0 Å². The third kappa shape index (κ3) is 10.2. The lowest BCUT2D eigenvalue weighted by molar-refractivity contribution is -0.143. The highest BCUT2D eigenvalue weighted by molar-refractivity contribution is 14.1. The number of nitrogens with one attached hydrogen (secondary N) is 2. The second-order valence-corrected chi connectivity index (χ2v) is 9.79. The number of hydrogen-bond donors (Lipinski definition) is 2. The first-order chi connectivity index (χ1) is 14.3. The number of amides is 1. The molecule has 0 bridgehead atoms. The zero-order valence-electron chi connectivity index (χ0n) is 19.2. The van der Waals surface area contributed by atoms with Crippen LogP contribution in [0.1, 0.15) is 47.1 Å². The van der Waals surface area contributed by atoms with E-state index < -0.39 is 29.7 Å². The van der Waals surface area contributed by atoms with Gasteiger partial charge in [0.05, 0.1) is 13.2 Å². The van der Waals surface area contributed by atoms with Crippen LogP contribution in [0.5, 0.6) is 0 Å². The Hall–Kier alpha value is -2.04. The number of halogens is 1. The molecule has 2 atom stereocenters. The van der Waals surface area contributed by atoms with Crippen LogP contribution >= 0.6 is 22.6 Å². The van der Waals surface area contributed by atoms with Crippen molar-refractivity contribution < 1.29 is 28.6 Å². The molecule has 1 aromatic carbocycles. The van der Waals surface area contributed by atoms with Crippen molar-refractivity contribution in [3.05, 3.63) is 27.3 Å². The quantitative estimate of drug-likeness (QED) is 0.274. The van der Waals surface area contributed by atoms with Crippen molar-refractivity contribution >= 4 is 46.3 Å². The Morgan fingerprint density at radius 2 is 1.81 bits per heavy atom. The van der Waals surface area contributed by atoms with E-state index >= 15 is 0 Å². The van der Waals surface area contributed by atoms with Crippen molar-refractivity contribution in [2.24, 2.45) is 5.92 Å². The third-order valence-corrected chi connectivity index (χ3v) is 4.85. The second kappa shape index (κ2) is 12.1. The van der Waals surface area contributed by atoms with Crippen molar-refractivity contribution in [1.29, 1.82) is 0 Å². The summed E-state index contributed by atoms with van der Waals surface area (Å²) < 4.78 is 16.4. The predicted molar refractivity (Wildman–Crippen MR) is 127 cm³/mol. The maximum Gasteiger partial charge on any atom is 0.408 e. The van der Waals surface area contributed by atoms with Crippen molar-refractivity contribution in [2.45, 2.75) is 65.6 Å². The summed E-state index contributed by atoms with van der Waals surface area (Å²) in [5.74, 6) is -0.804. The highest BCUT2D eigenvalue weighted by Crippen LogP contribution is 2.23. The summed E-state index contributed by atoms with van der Waals surface area (Å²) >= 11 is 2.20. The molecule has 8 nitrogen and oxygen atoms in total. The molecule has 1 aromatic rings. The van der Waals surface area contributed by atoms with Gasteiger partial charge in [-0.1, -0.05) is 13.8 Å². The van der Waals surface area contributed by atoms with E-state index in [2.05, 4.69) is 33.2 Å². The van der Waals surface area contributed by atoms with Gasteiger partial charge in [0.15, 0.2) is 0 Å². The fourth-order valence-electron chi connectivity index (χ4n) is 2.77. The van der Waals surface area contributed by atoms with Crippen LogP contribution < -0.4 is 10.6 Å². The minimum Gasteiger partial charge on any atom is -0.467 e. The van der Waals surface area contributed by atoms with Gasteiger partial charge in [-0.3, -0.25) is 4.79 Å². The fourth-order valence-corrected chi connectivity index (χ4v) is 3.33. The maximum absolute atomic E-state index is 12.3. The van der Waals surface area contributed by atoms with Crippen LogP contribution in [0.25, 0.3) is 0 Å². The van der Waals surface area contributed by atoms with Gasteiger partial charge >= 0.3 is 18.0 Å². The summed E-state index contributed by atoms with van der Waals surface area (Å²) in [6.07, 6.45) is -0.239. The van der Waals surface area contributed by atoms with E-state index in [0.29, 0.717) is 6.42 Å². The molecule has 2 N–H and O–H groups in total. The molecule has 0 aliphatic rings. The summed E-state index contributed by atoms with van der Waals surface area (Å²) in [6.45, 7) is 10.5. The zero-order chi connectivity index (χ0) is 23.8. The normalized spacial score (nSPS) is 13.2. The lowest BCUT2D eigenvalue weighted by atomic mass is 10.0. The first-order valence-corrected chi connectivity index (χ1v) is 11.2. The minimum atomic E-state index is -0.657. The Labute approximate surface area is 197 Å². The van der Waals surface area contributed by atoms with Crippen LogP contribution in [-0.4, -0.2) is 49.4 Å². The molecule has 0 saturated carbocycles. The highest BCUT2D eigenvalue weighted by Gasteiger charge is 2.25. The number of benzene rings is 1. The zero-order valence-corrected chi connectivity index (χ0v) is 21.4. The Balaban J connectivity index is 3.13. The van der Waals surface area contributed by atoms with Crippen LogP contribution in [0.4, 0.5) is 10.5 Å². The number of hydrogen-bond acceptors (Lipinski definition) is 7. The van der Waals surface area contributed by atoms with Crippen LogP contribution in [0.3, 0.4) is 0 Å². The van der Waals surface area contributed by atoms with Crippen molar-refractivity contribution in [1.82, 2.24) is 5.32 Å². The molecule has 1 amide bonds. The van der Waals surface area contributed by atoms with Gasteiger partial charge in [0.25, 0.3) is 0 Å². The second-order valence-electron chi connectivity index (χ2n) is 8.54. The smallest absolute Gasteiger partial charge is 0.408 e. The number of ether oxygens (including phenoxy) is 3. The van der Waals surface area contributed by atoms with Crippen LogP contribution in [0.2, 0.25) is 0 Å². The van der Waals surface area contributed by atoms with Gasteiger partial charge in [0.1, 0.15) is 18.2 Å². The molecule has 0 unspecified atom stereocenters. The van der Waals surface area contributed by atoms with Crippen molar-refractivity contribution in [3.63, 3.8) is 0 Å². The molecule has 0 aliphatic carbocycles. The van der Waals surface area contributed by atoms with Crippen LogP contribution in [-0.2, 0) is 30.2 Å². The molecule has 0 heterocycles. The Morgan fingerprint density at radius 1 is 1.16 bits per heavy atom. The number of carbonyl (C=O) groups is 3. The Bertz CT molecular complexity index is 776. The fraction of sp³-hybridized carbons (Fsp3) is 0.591. The van der Waals surface area contributed by atoms with E-state index in [1.165, 1.54) is 14.0 Å². The SMILES string of the molecule is COC(=O)[C@@H](Nc1ccc(I)cc1C[C@@H](COC(C)=O)NC(=O)OC(C)(C)C)C(C)C. The average Bonchev–Trinajstić information content (AvgIpc) is 2.63. The highest BCUT2D eigenvalue weighted by atomic mass is 127. The lowest BCUT2D eigenvalue weighted by Gasteiger charge is -2.26. The lowest BCUT2D eigenvalue weighted by Crippen LogP contribution is -2.43. The number of rotatable bonds is 9. The van der Waals surface area contributed by atoms with Gasteiger partial charge in [0.2, 0.25) is 0 Å². The standard InChI is InChI=1S/C22H33IN2O6/c1-13(2)19(20(27)29-7)25-18-9-8-16(23)10-15(18)11-17(12-30-14(3)26)24-21(28)31-22(4,5)6/h8-10,13,17,19,25H,11-12H2,1-7H3,(H,24,28)/t17-,19-/m0/s1. The molecule has 0 aromatic heterocycles. The average molecular weight is 548 g/mol. The molecule has 0 radical (unpaired) electrons. The summed E-state index contributed by atoms with van der Waals surface area (Å²) in [5.41, 5.74) is 0.939. The molecular weight excluding hydrogens is 515 g/mol. The number of carbonyl (C=O) groups excluding carboxylic acids is 3. The number of esters is 2. The number of anilines is 1. The van der Waals surface area contributed by atoms with Gasteiger partial charge in [-0.05, 0) is 79.5 Å². The molecule has 0 spiro atoms. The molecule has 174 valence electrons. The van der Waals surface area contributed by atoms with E-state index in [-0.39, 0.29) is 18.5 Å². The van der Waals surface area contributed by atoms with Crippen molar-refractivity contribution in [2.75, 3.05) is 19.0 Å². The van der Waals surface area contributed by atoms with E-state index in [4.69, 9.17) is 14.2 Å². The van der Waals surface area contributed by atoms with E-state index in [9.17, 15) is 14.4 Å². The third-order valence-electron chi connectivity index (χ3n) is 4.18. The summed E-state index contributed by atoms with van der Waals surface area (Å²) in [7, 11) is 1.36. The molecular formula is C22H33IN2O6. The van der Waals surface area contributed by atoms with E-state index in [1.54, 1.807) is 20.8 Å². The molecule has 31 heavy (non-hydrogen) atoms. The topological polar surface area (TPSA) is 103 Å². The predicted octanol–water partition coefficient (Wildman–Crippen LogP) is 3.90. The van der Waals surface area contributed by atoms with Crippen LogP contribution in [0, 0.1) is 9.49 Å². The van der Waals surface area contributed by atoms with Crippen LogP contribution in [0.15, 0.2) is 18.2 Å². The van der Waals surface area contributed by atoms with Gasteiger partial charge in [-0.25, -0.2) is 9.59 Å². The first-order valence-electron chi connectivity index (χ1n) is 10.1. The number of alkyl carbamates (subject to hydrolysis) is 1. The maximum atomic E-state index is 12.3. The van der Waals surface area contributed by atoms with Gasteiger partial charge < -0.3 is 24.8 Å². The Morgan fingerprint density at radius 3 is 2.32 bits per heavy atom. The largest absolute Gasteiger partial charge is 0.467 e. The van der Waals surface area contributed by atoms with E-state index in [1.807, 2.05) is 32.0 Å². The summed E-state index contributed by atoms with van der Waals surface area (Å²) in [5, 5.41) is 6.03. The van der Waals surface area contributed by atoms with Gasteiger partial charge in [-0.15, -0.1) is 0 Å². The van der Waals surface area contributed by atoms with Gasteiger partial charge in [0, 0.05) is 16.2 Å². The first kappa shape index (κ1) is 27.0. The summed E-state index contributed by atoms with van der Waals surface area (Å²) in [4.78, 5) is 35.8. The molecule has 1 rings (SSSR count). The Kier molecular flexibility index (Phi) is 10.5. The van der Waals surface area contributed by atoms with E-state index in [0.717, 1.165) is 14.8 Å². The molecule has 9 heteroatoms. The summed E-state index contributed by atoms with van der Waals surface area (Å²) in [6, 6.07) is 4.70. The molecule has 0 aliphatic heterocycles. The van der Waals surface area contributed by atoms with Gasteiger partial charge in [-0.2, -0.15) is 0 Å². The monoisotopic (exact) mass is 548 g/mol. The molecule has 0 fully saturated rings. The molecule has 0 saturated heterocycles.